The number of aryl methyl sites for hydroxylation is 1. The fourth-order valence-corrected chi connectivity index (χ4v) is 2.84. The van der Waals surface area contributed by atoms with E-state index in [1.54, 1.807) is 0 Å². The van der Waals surface area contributed by atoms with E-state index >= 15 is 0 Å². The lowest BCUT2D eigenvalue weighted by Crippen LogP contribution is -2.55. The maximum Gasteiger partial charge on any atom is 0.265 e. The SMILES string of the molecule is CCCc1nnsc1C(=O)NC(CC)(CC)C(N)=S. The zero-order valence-electron chi connectivity index (χ0n) is 11.5. The van der Waals surface area contributed by atoms with Gasteiger partial charge in [-0.3, -0.25) is 4.79 Å². The molecule has 0 atom stereocenters. The third-order valence-corrected chi connectivity index (χ3v) is 4.44. The van der Waals surface area contributed by atoms with Gasteiger partial charge in [0.2, 0.25) is 0 Å². The number of amides is 1. The van der Waals surface area contributed by atoms with Crippen LogP contribution in [0.1, 0.15) is 55.4 Å². The molecule has 5 nitrogen and oxygen atoms in total. The fraction of sp³-hybridized carbons (Fsp3) is 0.667. The molecule has 0 radical (unpaired) electrons. The minimum Gasteiger partial charge on any atom is -0.391 e. The Morgan fingerprint density at radius 2 is 2.05 bits per heavy atom. The monoisotopic (exact) mass is 300 g/mol. The minimum absolute atomic E-state index is 0.185. The van der Waals surface area contributed by atoms with E-state index in [0.29, 0.717) is 22.7 Å². The third-order valence-electron chi connectivity index (χ3n) is 3.28. The fourth-order valence-electron chi connectivity index (χ4n) is 1.89. The van der Waals surface area contributed by atoms with Crippen LogP contribution in [0.3, 0.4) is 0 Å². The lowest BCUT2D eigenvalue weighted by atomic mass is 9.92. The Labute approximate surface area is 123 Å². The predicted octanol–water partition coefficient (Wildman–Crippen LogP) is 2.07. The topological polar surface area (TPSA) is 80.9 Å². The second-order valence-electron chi connectivity index (χ2n) is 4.41. The van der Waals surface area contributed by atoms with Crippen LogP contribution in [0.5, 0.6) is 0 Å². The molecule has 0 saturated carbocycles. The molecule has 0 unspecified atom stereocenters. The first-order valence-corrected chi connectivity index (χ1v) is 7.62. The second-order valence-corrected chi connectivity index (χ2v) is 5.60. The third kappa shape index (κ3) is 3.48. The summed E-state index contributed by atoms with van der Waals surface area (Å²) in [5, 5.41) is 6.95. The maximum absolute atomic E-state index is 12.3. The summed E-state index contributed by atoms with van der Waals surface area (Å²) in [6.45, 7) is 5.96. The molecule has 0 aliphatic rings. The summed E-state index contributed by atoms with van der Waals surface area (Å²) >= 11 is 6.21. The highest BCUT2D eigenvalue weighted by Gasteiger charge is 2.32. The molecule has 19 heavy (non-hydrogen) atoms. The summed E-state index contributed by atoms with van der Waals surface area (Å²) in [6, 6.07) is 0. The van der Waals surface area contributed by atoms with Crippen LogP contribution in [0.15, 0.2) is 0 Å². The lowest BCUT2D eigenvalue weighted by molar-refractivity contribution is 0.0923. The van der Waals surface area contributed by atoms with E-state index in [0.717, 1.165) is 30.1 Å². The van der Waals surface area contributed by atoms with E-state index in [4.69, 9.17) is 18.0 Å². The number of hydrogen-bond acceptors (Lipinski definition) is 5. The van der Waals surface area contributed by atoms with Crippen LogP contribution in [0.25, 0.3) is 0 Å². The zero-order chi connectivity index (χ0) is 14.5. The zero-order valence-corrected chi connectivity index (χ0v) is 13.2. The van der Waals surface area contributed by atoms with Crippen LogP contribution in [0.4, 0.5) is 0 Å². The Balaban J connectivity index is 2.94. The van der Waals surface area contributed by atoms with E-state index in [2.05, 4.69) is 14.9 Å². The molecule has 0 saturated heterocycles. The maximum atomic E-state index is 12.3. The van der Waals surface area contributed by atoms with Crippen molar-refractivity contribution in [2.24, 2.45) is 5.73 Å². The first kappa shape index (κ1) is 16.0. The van der Waals surface area contributed by atoms with Crippen molar-refractivity contribution >= 4 is 34.6 Å². The molecule has 0 aliphatic carbocycles. The van der Waals surface area contributed by atoms with Crippen LogP contribution in [-0.2, 0) is 6.42 Å². The van der Waals surface area contributed by atoms with E-state index in [9.17, 15) is 4.79 Å². The molecule has 0 aromatic carbocycles. The molecular weight excluding hydrogens is 280 g/mol. The molecule has 1 heterocycles. The largest absolute Gasteiger partial charge is 0.391 e. The molecule has 1 aromatic rings. The van der Waals surface area contributed by atoms with Crippen molar-refractivity contribution < 1.29 is 4.79 Å². The molecule has 106 valence electrons. The summed E-state index contributed by atoms with van der Waals surface area (Å²) in [5.74, 6) is -0.185. The van der Waals surface area contributed by atoms with Gasteiger partial charge in [-0.2, -0.15) is 0 Å². The molecule has 0 aliphatic heterocycles. The molecular formula is C12H20N4OS2. The summed E-state index contributed by atoms with van der Waals surface area (Å²) < 4.78 is 3.86. The molecule has 0 bridgehead atoms. The summed E-state index contributed by atoms with van der Waals surface area (Å²) in [4.78, 5) is 13.2. The number of hydrogen-bond donors (Lipinski definition) is 2. The Bertz CT molecular complexity index is 454. The molecule has 1 aromatic heterocycles. The second kappa shape index (κ2) is 6.91. The Kier molecular flexibility index (Phi) is 5.81. The van der Waals surface area contributed by atoms with Crippen molar-refractivity contribution in [2.75, 3.05) is 0 Å². The van der Waals surface area contributed by atoms with Crippen LogP contribution in [0, 0.1) is 0 Å². The van der Waals surface area contributed by atoms with Crippen LogP contribution < -0.4 is 11.1 Å². The van der Waals surface area contributed by atoms with Gasteiger partial charge in [0.05, 0.1) is 16.2 Å². The molecule has 7 heteroatoms. The van der Waals surface area contributed by atoms with E-state index < -0.39 is 5.54 Å². The molecule has 0 fully saturated rings. The Hall–Kier alpha value is -1.08. The minimum atomic E-state index is -0.625. The number of carbonyl (C=O) groups excluding carboxylic acids is 1. The highest BCUT2D eigenvalue weighted by atomic mass is 32.1. The van der Waals surface area contributed by atoms with E-state index in [1.807, 2.05) is 20.8 Å². The van der Waals surface area contributed by atoms with Gasteiger partial charge in [-0.1, -0.05) is 43.9 Å². The van der Waals surface area contributed by atoms with Gasteiger partial charge in [-0.15, -0.1) is 5.10 Å². The number of nitrogens with two attached hydrogens (primary N) is 1. The van der Waals surface area contributed by atoms with Crippen molar-refractivity contribution in [1.29, 1.82) is 0 Å². The number of nitrogens with zero attached hydrogens (tertiary/aromatic N) is 2. The van der Waals surface area contributed by atoms with Crippen molar-refractivity contribution in [3.05, 3.63) is 10.6 Å². The average Bonchev–Trinajstić information content (AvgIpc) is 2.84. The van der Waals surface area contributed by atoms with Gasteiger partial charge in [0.1, 0.15) is 4.88 Å². The number of nitrogens with one attached hydrogen (secondary N) is 1. The average molecular weight is 300 g/mol. The van der Waals surface area contributed by atoms with E-state index in [-0.39, 0.29) is 5.91 Å². The quantitative estimate of drug-likeness (QED) is 0.753. The smallest absolute Gasteiger partial charge is 0.265 e. The predicted molar refractivity (Wildman–Crippen MR) is 81.5 cm³/mol. The standard InChI is InChI=1S/C12H20N4OS2/c1-4-7-8-9(19-16-15-8)10(17)14-12(5-2,6-3)11(13)18/h4-7H2,1-3H3,(H2,13,18)(H,14,17). The van der Waals surface area contributed by atoms with Gasteiger partial charge in [0, 0.05) is 0 Å². The Morgan fingerprint density at radius 3 is 2.53 bits per heavy atom. The van der Waals surface area contributed by atoms with Gasteiger partial charge in [0.25, 0.3) is 5.91 Å². The highest BCUT2D eigenvalue weighted by molar-refractivity contribution is 7.80. The normalized spacial score (nSPS) is 11.3. The van der Waals surface area contributed by atoms with Crippen LogP contribution >= 0.6 is 23.8 Å². The molecule has 1 amide bonds. The first-order chi connectivity index (χ1) is 9.00. The number of carbonyl (C=O) groups is 1. The van der Waals surface area contributed by atoms with E-state index in [1.165, 1.54) is 0 Å². The summed E-state index contributed by atoms with van der Waals surface area (Å²) in [7, 11) is 0. The van der Waals surface area contributed by atoms with Gasteiger partial charge in [0.15, 0.2) is 0 Å². The van der Waals surface area contributed by atoms with Gasteiger partial charge >= 0.3 is 0 Å². The lowest BCUT2D eigenvalue weighted by Gasteiger charge is -2.31. The van der Waals surface area contributed by atoms with Crippen LogP contribution in [-0.4, -0.2) is 26.0 Å². The summed E-state index contributed by atoms with van der Waals surface area (Å²) in [5.41, 5.74) is 5.90. The van der Waals surface area contributed by atoms with Gasteiger partial charge < -0.3 is 11.1 Å². The summed E-state index contributed by atoms with van der Waals surface area (Å²) in [6.07, 6.45) is 3.01. The number of aromatic nitrogens is 2. The number of rotatable bonds is 7. The van der Waals surface area contributed by atoms with Crippen molar-refractivity contribution in [2.45, 2.75) is 52.0 Å². The van der Waals surface area contributed by atoms with Crippen molar-refractivity contribution in [3.8, 4) is 0 Å². The molecule has 0 spiro atoms. The van der Waals surface area contributed by atoms with Crippen molar-refractivity contribution in [3.63, 3.8) is 0 Å². The molecule has 1 rings (SSSR count). The number of thiocarbonyl (C=S) groups is 1. The first-order valence-electron chi connectivity index (χ1n) is 6.44. The van der Waals surface area contributed by atoms with Crippen LogP contribution in [0.2, 0.25) is 0 Å². The Morgan fingerprint density at radius 1 is 1.42 bits per heavy atom. The van der Waals surface area contributed by atoms with Crippen molar-refractivity contribution in [1.82, 2.24) is 14.9 Å². The van der Waals surface area contributed by atoms with Gasteiger partial charge in [-0.05, 0) is 30.8 Å². The van der Waals surface area contributed by atoms with Gasteiger partial charge in [-0.25, -0.2) is 0 Å². The molecule has 3 N–H and O–H groups in total. The highest BCUT2D eigenvalue weighted by Crippen LogP contribution is 2.19.